The Balaban J connectivity index is 2.99. The Hall–Kier alpha value is -1.10. The fraction of sp³-hybridized carbons (Fsp3) is 0.400. The largest absolute Gasteiger partial charge is 0.487 e. The van der Waals surface area contributed by atoms with Crippen LogP contribution in [0.5, 0.6) is 5.75 Å². The van der Waals surface area contributed by atoms with E-state index in [0.717, 1.165) is 12.0 Å². The number of rotatable bonds is 5. The zero-order valence-electron chi connectivity index (χ0n) is 8.40. The molecule has 0 aliphatic rings. The highest BCUT2D eigenvalue weighted by Crippen LogP contribution is 2.28. The highest BCUT2D eigenvalue weighted by molar-refractivity contribution is 9.08. The molecule has 0 saturated carbocycles. The standard InChI is InChI=1S/C10H12BrNO3/c1-2-5-15-10-6-8(7-11)3-4-9(10)12(13)14/h3-4,6H,2,5,7H2,1H3. The lowest BCUT2D eigenvalue weighted by Gasteiger charge is -2.06. The van der Waals surface area contributed by atoms with Gasteiger partial charge in [-0.3, -0.25) is 10.1 Å². The predicted molar refractivity (Wildman–Crippen MR) is 61.5 cm³/mol. The summed E-state index contributed by atoms with van der Waals surface area (Å²) in [5.74, 6) is 0.346. The number of hydrogen-bond acceptors (Lipinski definition) is 3. The second-order valence-electron chi connectivity index (χ2n) is 3.04. The summed E-state index contributed by atoms with van der Waals surface area (Å²) in [5.41, 5.74) is 0.986. The van der Waals surface area contributed by atoms with E-state index in [1.54, 1.807) is 12.1 Å². The monoisotopic (exact) mass is 273 g/mol. The summed E-state index contributed by atoms with van der Waals surface area (Å²) >= 11 is 3.30. The van der Waals surface area contributed by atoms with E-state index in [2.05, 4.69) is 15.9 Å². The highest BCUT2D eigenvalue weighted by Gasteiger charge is 2.14. The maximum absolute atomic E-state index is 10.7. The van der Waals surface area contributed by atoms with Crippen molar-refractivity contribution in [2.24, 2.45) is 0 Å². The average Bonchev–Trinajstić information content (AvgIpc) is 2.25. The van der Waals surface area contributed by atoms with Crippen LogP contribution in [0.25, 0.3) is 0 Å². The minimum atomic E-state index is -0.428. The molecule has 0 aliphatic carbocycles. The van der Waals surface area contributed by atoms with E-state index in [0.29, 0.717) is 17.7 Å². The molecule has 1 aromatic carbocycles. The van der Waals surface area contributed by atoms with E-state index >= 15 is 0 Å². The lowest BCUT2D eigenvalue weighted by molar-refractivity contribution is -0.385. The maximum atomic E-state index is 10.7. The number of nitro benzene ring substituents is 1. The molecule has 15 heavy (non-hydrogen) atoms. The molecule has 0 radical (unpaired) electrons. The molecule has 0 spiro atoms. The van der Waals surface area contributed by atoms with Crippen molar-refractivity contribution in [3.63, 3.8) is 0 Å². The Morgan fingerprint density at radius 1 is 1.53 bits per heavy atom. The first-order chi connectivity index (χ1) is 7.19. The number of hydrogen-bond donors (Lipinski definition) is 0. The molecule has 0 atom stereocenters. The maximum Gasteiger partial charge on any atom is 0.310 e. The van der Waals surface area contributed by atoms with E-state index in [1.807, 2.05) is 6.92 Å². The van der Waals surface area contributed by atoms with Crippen molar-refractivity contribution in [3.8, 4) is 5.75 Å². The van der Waals surface area contributed by atoms with Crippen LogP contribution in [0, 0.1) is 10.1 Å². The molecular formula is C10H12BrNO3. The third kappa shape index (κ3) is 3.20. The minimum Gasteiger partial charge on any atom is -0.487 e. The Bertz CT molecular complexity index is 355. The van der Waals surface area contributed by atoms with Gasteiger partial charge in [-0.2, -0.15) is 0 Å². The molecule has 0 heterocycles. The van der Waals surface area contributed by atoms with Crippen molar-refractivity contribution >= 4 is 21.6 Å². The predicted octanol–water partition coefficient (Wildman–Crippen LogP) is 3.28. The van der Waals surface area contributed by atoms with Gasteiger partial charge in [0.05, 0.1) is 11.5 Å². The molecule has 0 fully saturated rings. The molecular weight excluding hydrogens is 262 g/mol. The van der Waals surface area contributed by atoms with Gasteiger partial charge in [-0.25, -0.2) is 0 Å². The average molecular weight is 274 g/mol. The van der Waals surface area contributed by atoms with Crippen molar-refractivity contribution in [1.29, 1.82) is 0 Å². The van der Waals surface area contributed by atoms with Gasteiger partial charge in [-0.05, 0) is 18.1 Å². The molecule has 0 unspecified atom stereocenters. The van der Waals surface area contributed by atoms with E-state index in [4.69, 9.17) is 4.74 Å². The number of ether oxygens (including phenoxy) is 1. The zero-order valence-corrected chi connectivity index (χ0v) is 9.99. The van der Waals surface area contributed by atoms with Crippen LogP contribution >= 0.6 is 15.9 Å². The summed E-state index contributed by atoms with van der Waals surface area (Å²) in [6, 6.07) is 4.88. The molecule has 0 N–H and O–H groups in total. The number of nitro groups is 1. The van der Waals surface area contributed by atoms with Crippen LogP contribution in [0.4, 0.5) is 5.69 Å². The van der Waals surface area contributed by atoms with Gasteiger partial charge in [-0.1, -0.05) is 28.9 Å². The summed E-state index contributed by atoms with van der Waals surface area (Å²) in [4.78, 5) is 10.3. The second kappa shape index (κ2) is 5.70. The molecule has 4 nitrogen and oxygen atoms in total. The van der Waals surface area contributed by atoms with Crippen LogP contribution in [0.2, 0.25) is 0 Å². The van der Waals surface area contributed by atoms with Gasteiger partial charge in [0.2, 0.25) is 0 Å². The molecule has 1 rings (SSSR count). The van der Waals surface area contributed by atoms with Gasteiger partial charge >= 0.3 is 5.69 Å². The third-order valence-corrected chi connectivity index (χ3v) is 2.48. The Kier molecular flexibility index (Phi) is 4.55. The lowest BCUT2D eigenvalue weighted by Crippen LogP contribution is -2.00. The highest BCUT2D eigenvalue weighted by atomic mass is 79.9. The van der Waals surface area contributed by atoms with E-state index in [-0.39, 0.29) is 5.69 Å². The molecule has 0 aromatic heterocycles. The van der Waals surface area contributed by atoms with Gasteiger partial charge in [0, 0.05) is 11.4 Å². The van der Waals surface area contributed by atoms with Crippen LogP contribution in [0.15, 0.2) is 18.2 Å². The summed E-state index contributed by atoms with van der Waals surface area (Å²) in [7, 11) is 0. The first-order valence-electron chi connectivity index (χ1n) is 4.65. The molecule has 82 valence electrons. The van der Waals surface area contributed by atoms with Crippen molar-refractivity contribution in [1.82, 2.24) is 0 Å². The van der Waals surface area contributed by atoms with Gasteiger partial charge < -0.3 is 4.74 Å². The fourth-order valence-electron chi connectivity index (χ4n) is 1.12. The Morgan fingerprint density at radius 3 is 2.80 bits per heavy atom. The second-order valence-corrected chi connectivity index (χ2v) is 3.60. The summed E-state index contributed by atoms with van der Waals surface area (Å²) < 4.78 is 5.33. The molecule has 0 saturated heterocycles. The van der Waals surface area contributed by atoms with Crippen molar-refractivity contribution < 1.29 is 9.66 Å². The zero-order chi connectivity index (χ0) is 11.3. The van der Waals surface area contributed by atoms with Crippen LogP contribution in [0.3, 0.4) is 0 Å². The van der Waals surface area contributed by atoms with E-state index < -0.39 is 4.92 Å². The molecule has 0 amide bonds. The number of halogens is 1. The molecule has 1 aromatic rings. The lowest BCUT2D eigenvalue weighted by atomic mass is 10.2. The van der Waals surface area contributed by atoms with Gasteiger partial charge in [0.15, 0.2) is 5.75 Å². The van der Waals surface area contributed by atoms with Crippen LogP contribution in [-0.2, 0) is 5.33 Å². The summed E-state index contributed by atoms with van der Waals surface area (Å²) in [6.45, 7) is 2.45. The fourth-order valence-corrected chi connectivity index (χ4v) is 1.47. The van der Waals surface area contributed by atoms with Gasteiger partial charge in [0.1, 0.15) is 0 Å². The van der Waals surface area contributed by atoms with Crippen molar-refractivity contribution in [2.75, 3.05) is 6.61 Å². The molecule has 0 aliphatic heterocycles. The van der Waals surface area contributed by atoms with Gasteiger partial charge in [0.25, 0.3) is 0 Å². The van der Waals surface area contributed by atoms with Crippen LogP contribution in [-0.4, -0.2) is 11.5 Å². The van der Waals surface area contributed by atoms with Gasteiger partial charge in [-0.15, -0.1) is 0 Å². The number of nitrogens with zero attached hydrogens (tertiary/aromatic N) is 1. The summed E-state index contributed by atoms with van der Waals surface area (Å²) in [6.07, 6.45) is 0.829. The SMILES string of the molecule is CCCOc1cc(CBr)ccc1[N+](=O)[O-]. The van der Waals surface area contributed by atoms with Crippen molar-refractivity contribution in [3.05, 3.63) is 33.9 Å². The molecule has 5 heteroatoms. The Morgan fingerprint density at radius 2 is 2.27 bits per heavy atom. The van der Waals surface area contributed by atoms with Crippen LogP contribution in [0.1, 0.15) is 18.9 Å². The minimum absolute atomic E-state index is 0.0214. The third-order valence-electron chi connectivity index (χ3n) is 1.84. The number of benzene rings is 1. The Labute approximate surface area is 96.5 Å². The normalized spacial score (nSPS) is 10.0. The van der Waals surface area contributed by atoms with Crippen LogP contribution < -0.4 is 4.74 Å². The quantitative estimate of drug-likeness (QED) is 0.470. The topological polar surface area (TPSA) is 52.4 Å². The van der Waals surface area contributed by atoms with Crippen molar-refractivity contribution in [2.45, 2.75) is 18.7 Å². The van der Waals surface area contributed by atoms with E-state index in [1.165, 1.54) is 6.07 Å². The summed E-state index contributed by atoms with van der Waals surface area (Å²) in [5, 5.41) is 11.4. The first kappa shape index (κ1) is 12.0. The molecule has 0 bridgehead atoms. The smallest absolute Gasteiger partial charge is 0.310 e. The number of alkyl halides is 1. The first-order valence-corrected chi connectivity index (χ1v) is 5.77. The van der Waals surface area contributed by atoms with E-state index in [9.17, 15) is 10.1 Å².